The summed E-state index contributed by atoms with van der Waals surface area (Å²) in [6.45, 7) is 0.798. The molecule has 1 aromatic carbocycles. The van der Waals surface area contributed by atoms with Gasteiger partial charge in [-0.25, -0.2) is 4.98 Å². The first-order valence-corrected chi connectivity index (χ1v) is 7.71. The van der Waals surface area contributed by atoms with E-state index in [0.717, 1.165) is 5.56 Å². The Balaban J connectivity index is 1.67. The van der Waals surface area contributed by atoms with Gasteiger partial charge in [0.1, 0.15) is 6.26 Å². The number of hydrogen-bond acceptors (Lipinski definition) is 5. The SMILES string of the molecule is O=C(NCC1(C(=O)O)CCOCC1)c1coc(-c2ccccc2)n1. The normalized spacial score (nSPS) is 16.5. The second-order valence-electron chi connectivity index (χ2n) is 5.78. The zero-order valence-corrected chi connectivity index (χ0v) is 13.0. The number of carbonyl (C=O) groups is 2. The molecule has 0 radical (unpaired) electrons. The topological polar surface area (TPSA) is 102 Å². The van der Waals surface area contributed by atoms with Gasteiger partial charge in [0.2, 0.25) is 5.89 Å². The highest BCUT2D eigenvalue weighted by atomic mass is 16.5. The lowest BCUT2D eigenvalue weighted by molar-refractivity contribution is -0.154. The summed E-state index contributed by atoms with van der Waals surface area (Å²) in [6.07, 6.45) is 2.02. The summed E-state index contributed by atoms with van der Waals surface area (Å²) in [5.41, 5.74) is -0.0932. The number of benzene rings is 1. The first-order valence-electron chi connectivity index (χ1n) is 7.71. The van der Waals surface area contributed by atoms with Crippen LogP contribution in [-0.2, 0) is 9.53 Å². The van der Waals surface area contributed by atoms with Crippen molar-refractivity contribution in [2.75, 3.05) is 19.8 Å². The summed E-state index contributed by atoms with van der Waals surface area (Å²) in [7, 11) is 0. The molecular formula is C17H18N2O5. The van der Waals surface area contributed by atoms with E-state index in [0.29, 0.717) is 31.9 Å². The highest BCUT2D eigenvalue weighted by molar-refractivity contribution is 5.92. The molecule has 0 aliphatic carbocycles. The van der Waals surface area contributed by atoms with Gasteiger partial charge in [-0.05, 0) is 25.0 Å². The largest absolute Gasteiger partial charge is 0.481 e. The molecular weight excluding hydrogens is 312 g/mol. The average Bonchev–Trinajstić information content (AvgIpc) is 3.11. The predicted octanol–water partition coefficient (Wildman–Crippen LogP) is 1.95. The number of carboxylic acid groups (broad SMARTS) is 1. The second-order valence-corrected chi connectivity index (χ2v) is 5.78. The van der Waals surface area contributed by atoms with Crippen LogP contribution in [0.25, 0.3) is 11.5 Å². The van der Waals surface area contributed by atoms with Crippen molar-refractivity contribution in [3.8, 4) is 11.5 Å². The lowest BCUT2D eigenvalue weighted by atomic mass is 9.80. The fourth-order valence-electron chi connectivity index (χ4n) is 2.66. The van der Waals surface area contributed by atoms with E-state index in [4.69, 9.17) is 9.15 Å². The van der Waals surface area contributed by atoms with Gasteiger partial charge < -0.3 is 19.6 Å². The Labute approximate surface area is 138 Å². The number of nitrogens with zero attached hydrogens (tertiary/aromatic N) is 1. The maximum Gasteiger partial charge on any atom is 0.311 e. The molecule has 0 spiro atoms. The summed E-state index contributed by atoms with van der Waals surface area (Å²) >= 11 is 0. The van der Waals surface area contributed by atoms with Gasteiger partial charge in [0.15, 0.2) is 5.69 Å². The van der Waals surface area contributed by atoms with Crippen molar-refractivity contribution in [1.82, 2.24) is 10.3 Å². The van der Waals surface area contributed by atoms with Crippen LogP contribution in [0.2, 0.25) is 0 Å². The van der Waals surface area contributed by atoms with E-state index in [1.807, 2.05) is 30.3 Å². The molecule has 0 atom stereocenters. The van der Waals surface area contributed by atoms with Crippen LogP contribution >= 0.6 is 0 Å². The summed E-state index contributed by atoms with van der Waals surface area (Å²) < 4.78 is 10.5. The number of nitrogens with one attached hydrogen (secondary N) is 1. The summed E-state index contributed by atoms with van der Waals surface area (Å²) in [4.78, 5) is 28.0. The molecule has 0 unspecified atom stereocenters. The maximum atomic E-state index is 12.2. The van der Waals surface area contributed by atoms with Gasteiger partial charge in [0, 0.05) is 25.3 Å². The molecule has 1 aliphatic rings. The molecule has 1 saturated heterocycles. The van der Waals surface area contributed by atoms with Crippen LogP contribution in [0.5, 0.6) is 0 Å². The molecule has 2 aromatic rings. The number of carbonyl (C=O) groups excluding carboxylic acids is 1. The summed E-state index contributed by atoms with van der Waals surface area (Å²) in [5.74, 6) is -1.02. The van der Waals surface area contributed by atoms with Crippen LogP contribution in [0.1, 0.15) is 23.3 Å². The maximum absolute atomic E-state index is 12.2. The predicted molar refractivity (Wildman–Crippen MR) is 84.4 cm³/mol. The fourth-order valence-corrected chi connectivity index (χ4v) is 2.66. The smallest absolute Gasteiger partial charge is 0.311 e. The molecule has 126 valence electrons. The number of hydrogen-bond donors (Lipinski definition) is 2. The summed E-state index contributed by atoms with van der Waals surface area (Å²) in [6, 6.07) is 9.23. The Hall–Kier alpha value is -2.67. The van der Waals surface area contributed by atoms with Gasteiger partial charge in [-0.3, -0.25) is 9.59 Å². The van der Waals surface area contributed by atoms with Crippen LogP contribution in [0.3, 0.4) is 0 Å². The molecule has 7 heteroatoms. The van der Waals surface area contributed by atoms with E-state index in [1.165, 1.54) is 6.26 Å². The zero-order valence-electron chi connectivity index (χ0n) is 13.0. The van der Waals surface area contributed by atoms with E-state index in [2.05, 4.69) is 10.3 Å². The molecule has 2 heterocycles. The molecule has 1 aliphatic heterocycles. The number of rotatable bonds is 5. The molecule has 2 N–H and O–H groups in total. The van der Waals surface area contributed by atoms with Gasteiger partial charge in [0.25, 0.3) is 5.91 Å². The first-order chi connectivity index (χ1) is 11.6. The third-order valence-corrected chi connectivity index (χ3v) is 4.25. The average molecular weight is 330 g/mol. The Morgan fingerprint density at radius 3 is 2.58 bits per heavy atom. The van der Waals surface area contributed by atoms with Crippen LogP contribution in [0.4, 0.5) is 0 Å². The standard InChI is InChI=1S/C17H18N2O5/c20-14(18-11-17(16(21)22)6-8-23-9-7-17)13-10-24-15(19-13)12-4-2-1-3-5-12/h1-5,10H,6-9,11H2,(H,18,20)(H,21,22). The van der Waals surface area contributed by atoms with Crippen LogP contribution in [-0.4, -0.2) is 41.7 Å². The number of carboxylic acids is 1. The van der Waals surface area contributed by atoms with Crippen LogP contribution in [0.15, 0.2) is 41.0 Å². The van der Waals surface area contributed by atoms with Crippen molar-refractivity contribution in [3.63, 3.8) is 0 Å². The van der Waals surface area contributed by atoms with Gasteiger partial charge in [-0.2, -0.15) is 0 Å². The van der Waals surface area contributed by atoms with Gasteiger partial charge in [0.05, 0.1) is 5.41 Å². The number of ether oxygens (including phenoxy) is 1. The van der Waals surface area contributed by atoms with E-state index < -0.39 is 17.3 Å². The lowest BCUT2D eigenvalue weighted by Crippen LogP contribution is -2.46. The molecule has 1 aromatic heterocycles. The van der Waals surface area contributed by atoms with Crippen LogP contribution in [0, 0.1) is 5.41 Å². The molecule has 0 saturated carbocycles. The Bertz CT molecular complexity index is 720. The van der Waals surface area contributed by atoms with E-state index >= 15 is 0 Å². The zero-order chi connectivity index (χ0) is 17.0. The van der Waals surface area contributed by atoms with Crippen molar-refractivity contribution >= 4 is 11.9 Å². The van der Waals surface area contributed by atoms with Crippen LogP contribution < -0.4 is 5.32 Å². The third-order valence-electron chi connectivity index (χ3n) is 4.25. The quantitative estimate of drug-likeness (QED) is 0.869. The monoisotopic (exact) mass is 330 g/mol. The van der Waals surface area contributed by atoms with Crippen molar-refractivity contribution in [1.29, 1.82) is 0 Å². The number of aromatic nitrogens is 1. The first kappa shape index (κ1) is 16.2. The minimum absolute atomic E-state index is 0.0397. The Morgan fingerprint density at radius 1 is 1.21 bits per heavy atom. The van der Waals surface area contributed by atoms with E-state index in [9.17, 15) is 14.7 Å². The van der Waals surface area contributed by atoms with Crippen molar-refractivity contribution in [2.24, 2.45) is 5.41 Å². The molecule has 0 bridgehead atoms. The van der Waals surface area contributed by atoms with Gasteiger partial charge in [-0.15, -0.1) is 0 Å². The molecule has 7 nitrogen and oxygen atoms in total. The molecule has 24 heavy (non-hydrogen) atoms. The second kappa shape index (κ2) is 6.84. The summed E-state index contributed by atoms with van der Waals surface area (Å²) in [5, 5.41) is 12.1. The van der Waals surface area contributed by atoms with Gasteiger partial charge >= 0.3 is 5.97 Å². The fraction of sp³-hybridized carbons (Fsp3) is 0.353. The molecule has 3 rings (SSSR count). The third kappa shape index (κ3) is 3.30. The van der Waals surface area contributed by atoms with Gasteiger partial charge in [-0.1, -0.05) is 18.2 Å². The number of amides is 1. The Kier molecular flexibility index (Phi) is 4.61. The highest BCUT2D eigenvalue weighted by Gasteiger charge is 2.40. The van der Waals surface area contributed by atoms with E-state index in [1.54, 1.807) is 0 Å². The Morgan fingerprint density at radius 2 is 1.92 bits per heavy atom. The molecule has 1 fully saturated rings. The molecule has 1 amide bonds. The lowest BCUT2D eigenvalue weighted by Gasteiger charge is -2.32. The van der Waals surface area contributed by atoms with Crippen molar-refractivity contribution in [2.45, 2.75) is 12.8 Å². The number of aliphatic carboxylic acids is 1. The minimum Gasteiger partial charge on any atom is -0.481 e. The van der Waals surface area contributed by atoms with Crippen molar-refractivity contribution in [3.05, 3.63) is 42.3 Å². The number of oxazole rings is 1. The highest BCUT2D eigenvalue weighted by Crippen LogP contribution is 2.30. The minimum atomic E-state index is -0.986. The van der Waals surface area contributed by atoms with E-state index in [-0.39, 0.29) is 12.2 Å². The van der Waals surface area contributed by atoms with Crippen molar-refractivity contribution < 1.29 is 23.8 Å².